The molecule has 1 saturated carbocycles. The summed E-state index contributed by atoms with van der Waals surface area (Å²) in [6.45, 7) is 3.62. The topological polar surface area (TPSA) is 49.3 Å². The van der Waals surface area contributed by atoms with Gasteiger partial charge in [-0.2, -0.15) is 13.2 Å². The third-order valence-corrected chi connectivity index (χ3v) is 5.58. The van der Waals surface area contributed by atoms with Crippen molar-refractivity contribution in [2.75, 3.05) is 19.6 Å². The van der Waals surface area contributed by atoms with Gasteiger partial charge in [0.15, 0.2) is 11.7 Å². The van der Waals surface area contributed by atoms with E-state index in [-0.39, 0.29) is 35.2 Å². The summed E-state index contributed by atoms with van der Waals surface area (Å²) in [6, 6.07) is 6.54. The fourth-order valence-electron chi connectivity index (χ4n) is 2.91. The number of nitrogens with zero attached hydrogens (tertiary/aromatic N) is 2. The summed E-state index contributed by atoms with van der Waals surface area (Å²) in [6.07, 6.45) is -2.02. The fraction of sp³-hybridized carbons (Fsp3) is 0.474. The highest BCUT2D eigenvalue weighted by atomic mass is 127. The van der Waals surface area contributed by atoms with Gasteiger partial charge in [0.2, 0.25) is 0 Å². The van der Waals surface area contributed by atoms with Crippen molar-refractivity contribution in [3.63, 3.8) is 0 Å². The molecule has 1 fully saturated rings. The van der Waals surface area contributed by atoms with Crippen LogP contribution in [0.1, 0.15) is 36.0 Å². The molecule has 0 atom stereocenters. The van der Waals surface area contributed by atoms with Crippen LogP contribution in [-0.2, 0) is 18.0 Å². The van der Waals surface area contributed by atoms with Crippen LogP contribution in [0.3, 0.4) is 0 Å². The van der Waals surface area contributed by atoms with Gasteiger partial charge in [-0.15, -0.1) is 35.3 Å². The molecule has 29 heavy (non-hydrogen) atoms. The first kappa shape index (κ1) is 23.8. The minimum atomic E-state index is -4.41. The van der Waals surface area contributed by atoms with E-state index in [1.165, 1.54) is 12.1 Å². The number of benzene rings is 1. The normalized spacial score (nSPS) is 15.6. The van der Waals surface area contributed by atoms with Crippen LogP contribution in [0.5, 0.6) is 0 Å². The molecule has 0 bridgehead atoms. The minimum Gasteiger partial charge on any atom is -0.357 e. The SMILES string of the molecule is CCNC(=NCC1(c2ccc(F)cc2)CC1)NCCc1nc(C(F)(F)F)cs1.I. The maximum absolute atomic E-state index is 13.1. The molecule has 1 aliphatic rings. The van der Waals surface area contributed by atoms with E-state index in [0.717, 1.165) is 35.1 Å². The molecular formula is C19H23F4IN4S. The van der Waals surface area contributed by atoms with Crippen LogP contribution in [-0.4, -0.2) is 30.6 Å². The Balaban J connectivity index is 0.00000300. The van der Waals surface area contributed by atoms with E-state index in [2.05, 4.69) is 20.6 Å². The highest BCUT2D eigenvalue weighted by molar-refractivity contribution is 14.0. The molecule has 2 aromatic rings. The van der Waals surface area contributed by atoms with Gasteiger partial charge in [-0.25, -0.2) is 9.37 Å². The van der Waals surface area contributed by atoms with Gasteiger partial charge in [0.1, 0.15) is 5.82 Å². The molecule has 0 spiro atoms. The van der Waals surface area contributed by atoms with Crippen molar-refractivity contribution in [3.8, 4) is 0 Å². The van der Waals surface area contributed by atoms with Crippen LogP contribution in [0.2, 0.25) is 0 Å². The lowest BCUT2D eigenvalue weighted by Crippen LogP contribution is -2.39. The molecule has 1 heterocycles. The van der Waals surface area contributed by atoms with Gasteiger partial charge in [0.25, 0.3) is 0 Å². The van der Waals surface area contributed by atoms with E-state index in [1.54, 1.807) is 12.1 Å². The maximum atomic E-state index is 13.1. The zero-order valence-electron chi connectivity index (χ0n) is 15.9. The molecule has 4 nitrogen and oxygen atoms in total. The zero-order chi connectivity index (χ0) is 20.2. The Morgan fingerprint density at radius 3 is 2.45 bits per heavy atom. The Morgan fingerprint density at radius 2 is 1.90 bits per heavy atom. The molecule has 2 N–H and O–H groups in total. The highest BCUT2D eigenvalue weighted by Gasteiger charge is 2.44. The summed E-state index contributed by atoms with van der Waals surface area (Å²) in [4.78, 5) is 8.25. The highest BCUT2D eigenvalue weighted by Crippen LogP contribution is 2.48. The number of aromatic nitrogens is 1. The molecule has 3 rings (SSSR count). The fourth-order valence-corrected chi connectivity index (χ4v) is 3.71. The van der Waals surface area contributed by atoms with Gasteiger partial charge >= 0.3 is 6.18 Å². The molecule has 1 aromatic heterocycles. The first-order chi connectivity index (χ1) is 13.3. The van der Waals surface area contributed by atoms with E-state index in [9.17, 15) is 17.6 Å². The molecule has 0 radical (unpaired) electrons. The summed E-state index contributed by atoms with van der Waals surface area (Å²) in [7, 11) is 0. The Hall–Kier alpha value is -1.43. The van der Waals surface area contributed by atoms with Gasteiger partial charge in [0, 0.05) is 30.3 Å². The number of rotatable bonds is 7. The number of halogens is 5. The van der Waals surface area contributed by atoms with E-state index >= 15 is 0 Å². The first-order valence-corrected chi connectivity index (χ1v) is 10.0. The Bertz CT molecular complexity index is 816. The van der Waals surface area contributed by atoms with Crippen LogP contribution < -0.4 is 10.6 Å². The van der Waals surface area contributed by atoms with E-state index < -0.39 is 11.9 Å². The Morgan fingerprint density at radius 1 is 1.21 bits per heavy atom. The molecule has 160 valence electrons. The van der Waals surface area contributed by atoms with Crippen molar-refractivity contribution in [2.24, 2.45) is 4.99 Å². The second-order valence-electron chi connectivity index (χ2n) is 6.78. The van der Waals surface area contributed by atoms with Gasteiger partial charge in [-0.05, 0) is 37.5 Å². The number of thiazole rings is 1. The van der Waals surface area contributed by atoms with Crippen LogP contribution in [0.25, 0.3) is 0 Å². The Labute approximate surface area is 188 Å². The molecule has 0 amide bonds. The molecule has 0 aliphatic heterocycles. The lowest BCUT2D eigenvalue weighted by atomic mass is 9.96. The molecule has 0 saturated heterocycles. The molecule has 0 unspecified atom stereocenters. The largest absolute Gasteiger partial charge is 0.434 e. The predicted molar refractivity (Wildman–Crippen MR) is 118 cm³/mol. The summed E-state index contributed by atoms with van der Waals surface area (Å²) >= 11 is 1.01. The summed E-state index contributed by atoms with van der Waals surface area (Å²) in [5.41, 5.74) is 0.187. The lowest BCUT2D eigenvalue weighted by molar-refractivity contribution is -0.140. The Kier molecular flexibility index (Phi) is 8.27. The minimum absolute atomic E-state index is 0. The molecule has 10 heteroatoms. The summed E-state index contributed by atoms with van der Waals surface area (Å²) < 4.78 is 51.0. The average molecular weight is 542 g/mol. The quantitative estimate of drug-likeness (QED) is 0.230. The molecular weight excluding hydrogens is 519 g/mol. The van der Waals surface area contributed by atoms with E-state index in [0.29, 0.717) is 37.0 Å². The molecule has 1 aliphatic carbocycles. The predicted octanol–water partition coefficient (Wildman–Crippen LogP) is 4.75. The average Bonchev–Trinajstić information content (AvgIpc) is 3.27. The van der Waals surface area contributed by atoms with E-state index in [1.807, 2.05) is 6.92 Å². The van der Waals surface area contributed by atoms with Crippen LogP contribution in [0, 0.1) is 5.82 Å². The van der Waals surface area contributed by atoms with Crippen molar-refractivity contribution < 1.29 is 17.6 Å². The van der Waals surface area contributed by atoms with Crippen molar-refractivity contribution in [2.45, 2.75) is 37.8 Å². The summed E-state index contributed by atoms with van der Waals surface area (Å²) in [5.74, 6) is 0.359. The number of alkyl halides is 3. The zero-order valence-corrected chi connectivity index (χ0v) is 19.0. The van der Waals surface area contributed by atoms with Gasteiger partial charge in [-0.1, -0.05) is 12.1 Å². The van der Waals surface area contributed by atoms with Crippen LogP contribution in [0.4, 0.5) is 17.6 Å². The van der Waals surface area contributed by atoms with Crippen molar-refractivity contribution in [1.29, 1.82) is 0 Å². The van der Waals surface area contributed by atoms with Gasteiger partial charge in [0.05, 0.1) is 11.6 Å². The first-order valence-electron chi connectivity index (χ1n) is 9.12. The maximum Gasteiger partial charge on any atom is 0.434 e. The number of guanidine groups is 1. The lowest BCUT2D eigenvalue weighted by Gasteiger charge is -2.16. The standard InChI is InChI=1S/C19H22F4N4S.HI/c1-2-24-17(25-10-7-16-27-15(11-28-16)19(21,22)23)26-12-18(8-9-18)13-3-5-14(20)6-4-13;/h3-6,11H,2,7-10,12H2,1H3,(H2,24,25,26);1H. The van der Waals surface area contributed by atoms with Gasteiger partial charge in [-0.3, -0.25) is 4.99 Å². The second kappa shape index (κ2) is 10.1. The third kappa shape index (κ3) is 6.53. The second-order valence-corrected chi connectivity index (χ2v) is 7.73. The smallest absolute Gasteiger partial charge is 0.357 e. The van der Waals surface area contributed by atoms with Crippen LogP contribution in [0.15, 0.2) is 34.6 Å². The van der Waals surface area contributed by atoms with E-state index in [4.69, 9.17) is 0 Å². The van der Waals surface area contributed by atoms with Crippen molar-refractivity contribution >= 4 is 41.3 Å². The summed E-state index contributed by atoms with van der Waals surface area (Å²) in [5, 5.41) is 7.75. The van der Waals surface area contributed by atoms with Crippen molar-refractivity contribution in [1.82, 2.24) is 15.6 Å². The van der Waals surface area contributed by atoms with Crippen LogP contribution >= 0.6 is 35.3 Å². The molecule has 1 aromatic carbocycles. The number of hydrogen-bond acceptors (Lipinski definition) is 3. The number of aliphatic imine (C=N–C) groups is 1. The number of nitrogens with one attached hydrogen (secondary N) is 2. The van der Waals surface area contributed by atoms with Gasteiger partial charge < -0.3 is 10.6 Å². The number of hydrogen-bond donors (Lipinski definition) is 2. The van der Waals surface area contributed by atoms with Crippen molar-refractivity contribution in [3.05, 3.63) is 51.7 Å². The monoisotopic (exact) mass is 542 g/mol. The third-order valence-electron chi connectivity index (χ3n) is 4.67.